The molecule has 40 heavy (non-hydrogen) atoms. The highest BCUT2D eigenvalue weighted by Gasteiger charge is 2.39. The van der Waals surface area contributed by atoms with E-state index in [0.29, 0.717) is 11.1 Å². The van der Waals surface area contributed by atoms with Crippen LogP contribution in [0.2, 0.25) is 0 Å². The summed E-state index contributed by atoms with van der Waals surface area (Å²) in [6, 6.07) is 14.4. The zero-order valence-electron chi connectivity index (χ0n) is 24.4. The lowest BCUT2D eigenvalue weighted by molar-refractivity contribution is -0.145. The number of nitrogens with one attached hydrogen (secondary N) is 2. The van der Waals surface area contributed by atoms with Crippen molar-refractivity contribution in [1.29, 1.82) is 0 Å². The summed E-state index contributed by atoms with van der Waals surface area (Å²) in [5.74, 6) is 2.03. The Hall–Kier alpha value is -3.79. The Kier molecular flexibility index (Phi) is 10.8. The lowest BCUT2D eigenvalue weighted by Gasteiger charge is -2.38. The molecule has 3 amide bonds. The summed E-state index contributed by atoms with van der Waals surface area (Å²) in [6.07, 6.45) is 10.5. The molecule has 0 aliphatic heterocycles. The quantitative estimate of drug-likeness (QED) is 0.406. The maximum Gasteiger partial charge on any atom is 0.408 e. The predicted octanol–water partition coefficient (Wildman–Crippen LogP) is 5.53. The van der Waals surface area contributed by atoms with E-state index < -0.39 is 23.8 Å². The van der Waals surface area contributed by atoms with Gasteiger partial charge in [0.15, 0.2) is 0 Å². The fourth-order valence-electron chi connectivity index (χ4n) is 5.17. The Bertz CT molecular complexity index is 1190. The minimum absolute atomic E-state index is 0.0471. The SMILES string of the molecule is C#Cc1ccccc1C(C(=O)NC1CCCCC1)N(C(=O)C(Cc1ccccc1)NC(=O)OC(C)(C)C)C(C)C. The molecule has 0 saturated heterocycles. The van der Waals surface area contributed by atoms with Crippen LogP contribution in [0.3, 0.4) is 0 Å². The van der Waals surface area contributed by atoms with Gasteiger partial charge in [-0.2, -0.15) is 0 Å². The van der Waals surface area contributed by atoms with Crippen LogP contribution in [0.25, 0.3) is 0 Å². The first kappa shape index (κ1) is 30.7. The summed E-state index contributed by atoms with van der Waals surface area (Å²) >= 11 is 0. The average Bonchev–Trinajstić information content (AvgIpc) is 2.90. The normalized spacial score (nSPS) is 15.4. The van der Waals surface area contributed by atoms with E-state index in [0.717, 1.165) is 37.7 Å². The Morgan fingerprint density at radius 3 is 2.23 bits per heavy atom. The second kappa shape index (κ2) is 14.0. The summed E-state index contributed by atoms with van der Waals surface area (Å²) in [5, 5.41) is 5.99. The van der Waals surface area contributed by atoms with Gasteiger partial charge in [-0.15, -0.1) is 6.42 Å². The molecule has 0 spiro atoms. The molecule has 0 aromatic heterocycles. The Balaban J connectivity index is 2.04. The predicted molar refractivity (Wildman–Crippen MR) is 157 cm³/mol. The molecule has 1 aliphatic rings. The molecule has 3 rings (SSSR count). The lowest BCUT2D eigenvalue weighted by atomic mass is 9.93. The van der Waals surface area contributed by atoms with Gasteiger partial charge in [0, 0.05) is 24.1 Å². The maximum atomic E-state index is 14.4. The van der Waals surface area contributed by atoms with E-state index in [4.69, 9.17) is 11.2 Å². The van der Waals surface area contributed by atoms with Crippen molar-refractivity contribution in [2.75, 3.05) is 0 Å². The smallest absolute Gasteiger partial charge is 0.408 e. The third-order valence-electron chi connectivity index (χ3n) is 6.97. The third-order valence-corrected chi connectivity index (χ3v) is 6.97. The van der Waals surface area contributed by atoms with Gasteiger partial charge in [0.25, 0.3) is 0 Å². The monoisotopic (exact) mass is 545 g/mol. The van der Waals surface area contributed by atoms with Crippen molar-refractivity contribution in [1.82, 2.24) is 15.5 Å². The van der Waals surface area contributed by atoms with Crippen LogP contribution in [-0.4, -0.2) is 46.5 Å². The number of ether oxygens (including phenoxy) is 1. The van der Waals surface area contributed by atoms with E-state index >= 15 is 0 Å². The first-order valence-electron chi connectivity index (χ1n) is 14.2. The van der Waals surface area contributed by atoms with Gasteiger partial charge in [-0.3, -0.25) is 9.59 Å². The number of alkyl carbamates (subject to hydrolysis) is 1. The van der Waals surface area contributed by atoms with Crippen molar-refractivity contribution in [2.24, 2.45) is 0 Å². The molecular weight excluding hydrogens is 502 g/mol. The van der Waals surface area contributed by atoms with Gasteiger partial charge in [0.2, 0.25) is 11.8 Å². The van der Waals surface area contributed by atoms with Crippen LogP contribution in [0.1, 0.15) is 89.5 Å². The number of amides is 3. The summed E-state index contributed by atoms with van der Waals surface area (Å²) < 4.78 is 5.50. The highest BCUT2D eigenvalue weighted by molar-refractivity contribution is 5.93. The molecule has 2 atom stereocenters. The maximum absolute atomic E-state index is 14.4. The van der Waals surface area contributed by atoms with E-state index in [2.05, 4.69) is 16.6 Å². The first-order valence-corrected chi connectivity index (χ1v) is 14.2. The van der Waals surface area contributed by atoms with Crippen molar-refractivity contribution in [3.63, 3.8) is 0 Å². The van der Waals surface area contributed by atoms with Crippen molar-refractivity contribution >= 4 is 17.9 Å². The third kappa shape index (κ3) is 8.61. The van der Waals surface area contributed by atoms with Crippen LogP contribution < -0.4 is 10.6 Å². The van der Waals surface area contributed by atoms with Gasteiger partial charge >= 0.3 is 6.09 Å². The number of hydrogen-bond donors (Lipinski definition) is 2. The molecular formula is C33H43N3O4. The van der Waals surface area contributed by atoms with Gasteiger partial charge < -0.3 is 20.3 Å². The summed E-state index contributed by atoms with van der Waals surface area (Å²) in [7, 11) is 0. The number of hydrogen-bond acceptors (Lipinski definition) is 4. The van der Waals surface area contributed by atoms with Crippen LogP contribution in [-0.2, 0) is 20.7 Å². The van der Waals surface area contributed by atoms with Crippen molar-refractivity contribution in [3.8, 4) is 12.3 Å². The van der Waals surface area contributed by atoms with Crippen LogP contribution in [0, 0.1) is 12.3 Å². The molecule has 1 saturated carbocycles. The number of nitrogens with zero attached hydrogens (tertiary/aromatic N) is 1. The topological polar surface area (TPSA) is 87.7 Å². The number of carbonyl (C=O) groups is 3. The number of benzene rings is 2. The fraction of sp³-hybridized carbons (Fsp3) is 0.485. The number of rotatable bonds is 9. The van der Waals surface area contributed by atoms with E-state index in [1.165, 1.54) is 0 Å². The minimum Gasteiger partial charge on any atom is -0.444 e. The minimum atomic E-state index is -0.972. The second-order valence-electron chi connectivity index (χ2n) is 11.7. The molecule has 1 fully saturated rings. The highest BCUT2D eigenvalue weighted by atomic mass is 16.6. The average molecular weight is 546 g/mol. The van der Waals surface area contributed by atoms with Gasteiger partial charge in [-0.25, -0.2) is 4.79 Å². The van der Waals surface area contributed by atoms with Gasteiger partial charge in [-0.1, -0.05) is 73.7 Å². The van der Waals surface area contributed by atoms with Gasteiger partial charge in [0.1, 0.15) is 17.7 Å². The standard InChI is InChI=1S/C33H43N3O4/c1-7-25-18-14-15-21-27(25)29(30(37)34-26-19-12-9-13-20-26)36(23(2)3)31(38)28(22-24-16-10-8-11-17-24)35-32(39)40-33(4,5)6/h1,8,10-11,14-18,21,23,26,28-29H,9,12-13,19-20,22H2,2-6H3,(H,34,37)(H,35,39). The Morgan fingerprint density at radius 2 is 1.62 bits per heavy atom. The summed E-state index contributed by atoms with van der Waals surface area (Å²) in [6.45, 7) is 9.03. The molecule has 2 aromatic carbocycles. The zero-order valence-corrected chi connectivity index (χ0v) is 24.4. The van der Waals surface area contributed by atoms with Gasteiger partial charge in [0.05, 0.1) is 0 Å². The number of terminal acetylenes is 1. The Labute approximate surface area is 239 Å². The molecule has 2 aromatic rings. The molecule has 214 valence electrons. The van der Waals surface area contributed by atoms with Crippen LogP contribution in [0.5, 0.6) is 0 Å². The molecule has 7 heteroatoms. The summed E-state index contributed by atoms with van der Waals surface area (Å²) in [5.41, 5.74) is 1.25. The lowest BCUT2D eigenvalue weighted by Crippen LogP contribution is -2.56. The van der Waals surface area contributed by atoms with E-state index in [-0.39, 0.29) is 30.3 Å². The zero-order chi connectivity index (χ0) is 29.3. The second-order valence-corrected chi connectivity index (χ2v) is 11.7. The van der Waals surface area contributed by atoms with Crippen molar-refractivity contribution in [3.05, 3.63) is 71.3 Å². The highest BCUT2D eigenvalue weighted by Crippen LogP contribution is 2.29. The van der Waals surface area contributed by atoms with Crippen LogP contribution in [0.15, 0.2) is 54.6 Å². The van der Waals surface area contributed by atoms with E-state index in [9.17, 15) is 14.4 Å². The van der Waals surface area contributed by atoms with E-state index in [1.807, 2.05) is 56.3 Å². The Morgan fingerprint density at radius 1 is 1.00 bits per heavy atom. The molecule has 2 N–H and O–H groups in total. The molecule has 1 aliphatic carbocycles. The first-order chi connectivity index (χ1) is 19.0. The molecule has 7 nitrogen and oxygen atoms in total. The van der Waals surface area contributed by atoms with Crippen molar-refractivity contribution in [2.45, 2.75) is 103 Å². The van der Waals surface area contributed by atoms with Crippen LogP contribution in [0.4, 0.5) is 4.79 Å². The molecule has 0 bridgehead atoms. The fourth-order valence-corrected chi connectivity index (χ4v) is 5.17. The van der Waals surface area contributed by atoms with Crippen LogP contribution >= 0.6 is 0 Å². The molecule has 2 unspecified atom stereocenters. The molecule has 0 heterocycles. The molecule has 0 radical (unpaired) electrons. The largest absolute Gasteiger partial charge is 0.444 e. The van der Waals surface area contributed by atoms with Gasteiger partial charge in [-0.05, 0) is 64.7 Å². The summed E-state index contributed by atoms with van der Waals surface area (Å²) in [4.78, 5) is 42.9. The van der Waals surface area contributed by atoms with E-state index in [1.54, 1.807) is 37.8 Å². The van der Waals surface area contributed by atoms with Crippen molar-refractivity contribution < 1.29 is 19.1 Å². The number of carbonyl (C=O) groups excluding carboxylic acids is 3.